The van der Waals surface area contributed by atoms with Gasteiger partial charge in [-0.1, -0.05) is 109 Å². The van der Waals surface area contributed by atoms with Gasteiger partial charge in [-0.2, -0.15) is 5.26 Å². The minimum atomic E-state index is 0.520. The second kappa shape index (κ2) is 9.06. The first-order valence-electron chi connectivity index (χ1n) is 11.8. The molecule has 0 spiro atoms. The highest BCUT2D eigenvalue weighted by Gasteiger charge is 2.11. The maximum absolute atomic E-state index is 9.62. The van der Waals surface area contributed by atoms with Gasteiger partial charge in [0.1, 0.15) is 0 Å². The Balaban J connectivity index is 1.20. The SMILES string of the molecule is N#C/C(=C\c1ccccc1)c1ccc(COCc2ccc3ccc4cccc5ccc2c3c45)cc1. The summed E-state index contributed by atoms with van der Waals surface area (Å²) in [7, 11) is 0. The molecular formula is C33H23NO. The van der Waals surface area contributed by atoms with E-state index < -0.39 is 0 Å². The number of nitrogens with zero attached hydrogens (tertiary/aromatic N) is 1. The van der Waals surface area contributed by atoms with Crippen molar-refractivity contribution in [1.29, 1.82) is 5.26 Å². The molecule has 0 saturated heterocycles. The van der Waals surface area contributed by atoms with Crippen LogP contribution in [0.1, 0.15) is 22.3 Å². The molecule has 6 aromatic rings. The van der Waals surface area contributed by atoms with Crippen molar-refractivity contribution in [3.05, 3.63) is 131 Å². The minimum Gasteiger partial charge on any atom is -0.372 e. The molecule has 35 heavy (non-hydrogen) atoms. The van der Waals surface area contributed by atoms with Gasteiger partial charge in [0.15, 0.2) is 0 Å². The van der Waals surface area contributed by atoms with Crippen molar-refractivity contribution < 1.29 is 4.74 Å². The van der Waals surface area contributed by atoms with Gasteiger partial charge >= 0.3 is 0 Å². The fraction of sp³-hybridized carbons (Fsp3) is 0.0606. The molecule has 0 bridgehead atoms. The molecule has 0 aliphatic heterocycles. The maximum atomic E-state index is 9.62. The number of allylic oxidation sites excluding steroid dienone is 1. The molecule has 0 heterocycles. The van der Waals surface area contributed by atoms with Crippen LogP contribution in [0.15, 0.2) is 109 Å². The predicted octanol–water partition coefficient (Wildman–Crippen LogP) is 8.36. The third kappa shape index (κ3) is 4.04. The van der Waals surface area contributed by atoms with E-state index in [4.69, 9.17) is 4.74 Å². The summed E-state index contributed by atoms with van der Waals surface area (Å²) in [6, 6.07) is 40.0. The number of benzene rings is 6. The summed E-state index contributed by atoms with van der Waals surface area (Å²) in [6.45, 7) is 1.07. The van der Waals surface area contributed by atoms with Crippen LogP contribution >= 0.6 is 0 Å². The van der Waals surface area contributed by atoms with E-state index in [-0.39, 0.29) is 0 Å². The van der Waals surface area contributed by atoms with Gasteiger partial charge in [0.25, 0.3) is 0 Å². The highest BCUT2D eigenvalue weighted by molar-refractivity contribution is 6.23. The van der Waals surface area contributed by atoms with E-state index in [1.807, 2.05) is 60.7 Å². The zero-order chi connectivity index (χ0) is 23.6. The predicted molar refractivity (Wildman–Crippen MR) is 145 cm³/mol. The summed E-state index contributed by atoms with van der Waals surface area (Å²) in [5, 5.41) is 17.3. The summed E-state index contributed by atoms with van der Waals surface area (Å²) in [5.74, 6) is 0. The van der Waals surface area contributed by atoms with E-state index in [1.54, 1.807) is 0 Å². The molecule has 0 N–H and O–H groups in total. The molecule has 0 saturated carbocycles. The van der Waals surface area contributed by atoms with Crippen molar-refractivity contribution >= 4 is 44.0 Å². The molecule has 0 aliphatic carbocycles. The lowest BCUT2D eigenvalue weighted by atomic mass is 9.92. The molecule has 2 heteroatoms. The Bertz CT molecular complexity index is 1690. The molecule has 6 aromatic carbocycles. The summed E-state index contributed by atoms with van der Waals surface area (Å²) in [6.07, 6.45) is 1.92. The third-order valence-electron chi connectivity index (χ3n) is 6.64. The fourth-order valence-electron chi connectivity index (χ4n) is 4.88. The number of nitriles is 1. The lowest BCUT2D eigenvalue weighted by molar-refractivity contribution is 0.108. The van der Waals surface area contributed by atoms with Gasteiger partial charge in [0, 0.05) is 0 Å². The van der Waals surface area contributed by atoms with Crippen LogP contribution < -0.4 is 0 Å². The second-order valence-corrected chi connectivity index (χ2v) is 8.85. The van der Waals surface area contributed by atoms with Crippen molar-refractivity contribution in [3.63, 3.8) is 0 Å². The molecule has 0 atom stereocenters. The number of hydrogen-bond acceptors (Lipinski definition) is 2. The average Bonchev–Trinajstić information content (AvgIpc) is 2.92. The van der Waals surface area contributed by atoms with E-state index in [2.05, 4.69) is 60.7 Å². The summed E-state index contributed by atoms with van der Waals surface area (Å²) in [4.78, 5) is 0. The highest BCUT2D eigenvalue weighted by atomic mass is 16.5. The van der Waals surface area contributed by atoms with Crippen LogP contribution in [-0.4, -0.2) is 0 Å². The van der Waals surface area contributed by atoms with E-state index >= 15 is 0 Å². The van der Waals surface area contributed by atoms with Gasteiger partial charge in [-0.05, 0) is 60.6 Å². The van der Waals surface area contributed by atoms with Crippen molar-refractivity contribution in [2.45, 2.75) is 13.2 Å². The Hall–Kier alpha value is -4.45. The van der Waals surface area contributed by atoms with Gasteiger partial charge in [0.2, 0.25) is 0 Å². The van der Waals surface area contributed by atoms with Crippen molar-refractivity contribution in [2.24, 2.45) is 0 Å². The van der Waals surface area contributed by atoms with Gasteiger partial charge in [-0.25, -0.2) is 0 Å². The van der Waals surface area contributed by atoms with Crippen LogP contribution in [0, 0.1) is 11.3 Å². The number of ether oxygens (including phenoxy) is 1. The van der Waals surface area contributed by atoms with Crippen LogP contribution in [0.2, 0.25) is 0 Å². The number of hydrogen-bond donors (Lipinski definition) is 0. The van der Waals surface area contributed by atoms with Gasteiger partial charge in [-0.3, -0.25) is 0 Å². The molecular weight excluding hydrogens is 426 g/mol. The maximum Gasteiger partial charge on any atom is 0.0998 e. The lowest BCUT2D eigenvalue weighted by Crippen LogP contribution is -1.96. The van der Waals surface area contributed by atoms with Crippen molar-refractivity contribution in [3.8, 4) is 6.07 Å². The largest absolute Gasteiger partial charge is 0.372 e. The molecule has 0 fully saturated rings. The Morgan fingerprint density at radius 1 is 0.657 bits per heavy atom. The van der Waals surface area contributed by atoms with Gasteiger partial charge in [0.05, 0.1) is 24.9 Å². The van der Waals surface area contributed by atoms with Crippen LogP contribution in [0.25, 0.3) is 44.0 Å². The molecule has 166 valence electrons. The zero-order valence-corrected chi connectivity index (χ0v) is 19.2. The summed E-state index contributed by atoms with van der Waals surface area (Å²) >= 11 is 0. The van der Waals surface area contributed by atoms with Crippen LogP contribution in [0.3, 0.4) is 0 Å². The fourth-order valence-corrected chi connectivity index (χ4v) is 4.88. The van der Waals surface area contributed by atoms with Crippen molar-refractivity contribution in [1.82, 2.24) is 0 Å². The first kappa shape index (κ1) is 21.1. The smallest absolute Gasteiger partial charge is 0.0998 e. The minimum absolute atomic E-state index is 0.520. The molecule has 6 rings (SSSR count). The molecule has 0 aliphatic rings. The standard InChI is InChI=1S/C33H23NO/c34-20-30(19-23-5-2-1-3-6-23)25-11-9-24(10-12-25)21-35-22-29-16-15-28-14-13-26-7-4-8-27-17-18-31(29)33(28)32(26)27/h1-19H,21-22H2/b30-19+. The first-order chi connectivity index (χ1) is 17.3. The normalized spacial score (nSPS) is 11.9. The van der Waals surface area contributed by atoms with E-state index in [1.165, 1.54) is 37.9 Å². The van der Waals surface area contributed by atoms with E-state index in [9.17, 15) is 5.26 Å². The quantitative estimate of drug-likeness (QED) is 0.145. The van der Waals surface area contributed by atoms with Crippen molar-refractivity contribution in [2.75, 3.05) is 0 Å². The molecule has 2 nitrogen and oxygen atoms in total. The Labute approximate surface area is 204 Å². The number of rotatable bonds is 6. The molecule has 0 aromatic heterocycles. The van der Waals surface area contributed by atoms with Gasteiger partial charge < -0.3 is 4.74 Å². The second-order valence-electron chi connectivity index (χ2n) is 8.85. The Morgan fingerprint density at radius 3 is 2.09 bits per heavy atom. The molecule has 0 amide bonds. The Kier molecular flexibility index (Phi) is 5.47. The summed E-state index contributed by atoms with van der Waals surface area (Å²) < 4.78 is 6.14. The third-order valence-corrected chi connectivity index (χ3v) is 6.64. The van der Waals surface area contributed by atoms with Crippen LogP contribution in [-0.2, 0) is 18.0 Å². The monoisotopic (exact) mass is 449 g/mol. The first-order valence-corrected chi connectivity index (χ1v) is 11.8. The summed E-state index contributed by atoms with van der Waals surface area (Å²) in [5.41, 5.74) is 4.86. The Morgan fingerprint density at radius 2 is 1.34 bits per heavy atom. The van der Waals surface area contributed by atoms with E-state index in [0.29, 0.717) is 18.8 Å². The van der Waals surface area contributed by atoms with Crippen LogP contribution in [0.4, 0.5) is 0 Å². The topological polar surface area (TPSA) is 33.0 Å². The highest BCUT2D eigenvalue weighted by Crippen LogP contribution is 2.36. The zero-order valence-electron chi connectivity index (χ0n) is 19.2. The molecule has 0 radical (unpaired) electrons. The van der Waals surface area contributed by atoms with E-state index in [0.717, 1.165) is 16.7 Å². The van der Waals surface area contributed by atoms with Gasteiger partial charge in [-0.15, -0.1) is 0 Å². The average molecular weight is 450 g/mol. The van der Waals surface area contributed by atoms with Crippen LogP contribution in [0.5, 0.6) is 0 Å². The lowest BCUT2D eigenvalue weighted by Gasteiger charge is -2.14. The molecule has 0 unspecified atom stereocenters.